The Bertz CT molecular complexity index is 1010. The number of carbonyl (C=O) groups is 1. The van der Waals surface area contributed by atoms with Gasteiger partial charge in [0.05, 0.1) is 18.2 Å². The largest absolute Gasteiger partial charge is 0.465 e. The van der Waals surface area contributed by atoms with E-state index in [1.807, 2.05) is 0 Å². The summed E-state index contributed by atoms with van der Waals surface area (Å²) in [5.74, 6) is -0.318. The Kier molecular flexibility index (Phi) is 3.63. The second-order valence-electron chi connectivity index (χ2n) is 4.75. The van der Waals surface area contributed by atoms with E-state index in [1.165, 1.54) is 25.3 Å². The fourth-order valence-electron chi connectivity index (χ4n) is 2.32. The maximum absolute atomic E-state index is 11.8. The van der Waals surface area contributed by atoms with Crippen molar-refractivity contribution in [3.8, 4) is 11.4 Å². The summed E-state index contributed by atoms with van der Waals surface area (Å²) in [6.45, 7) is 0. The Hall–Kier alpha value is -2.71. The number of fused-ring (bicyclic) bond motifs is 1. The summed E-state index contributed by atoms with van der Waals surface area (Å²) in [6, 6.07) is 10.8. The zero-order chi connectivity index (χ0) is 16.6. The topological polar surface area (TPSA) is 109 Å². The molecule has 8 heteroatoms. The van der Waals surface area contributed by atoms with Crippen molar-refractivity contribution in [2.45, 2.75) is 4.90 Å². The smallest absolute Gasteiger partial charge is 0.340 e. The summed E-state index contributed by atoms with van der Waals surface area (Å²) in [6.07, 6.45) is 0. The summed E-state index contributed by atoms with van der Waals surface area (Å²) < 4.78 is 37.1. The Labute approximate surface area is 131 Å². The van der Waals surface area contributed by atoms with Crippen molar-refractivity contribution in [2.75, 3.05) is 7.11 Å². The number of H-pyrrole nitrogens is 1. The van der Waals surface area contributed by atoms with Crippen LogP contribution in [0.3, 0.4) is 0 Å². The molecule has 0 aliphatic heterocycles. The molecule has 0 radical (unpaired) electrons. The predicted molar refractivity (Wildman–Crippen MR) is 82.7 cm³/mol. The Balaban J connectivity index is 2.26. The predicted octanol–water partition coefficient (Wildman–Crippen LogP) is 2.26. The molecule has 2 N–H and O–H groups in total. The molecule has 0 aliphatic rings. The van der Waals surface area contributed by atoms with E-state index in [1.54, 1.807) is 24.3 Å². The molecule has 0 fully saturated rings. The molecule has 23 heavy (non-hydrogen) atoms. The van der Waals surface area contributed by atoms with Crippen LogP contribution in [-0.4, -0.2) is 36.0 Å². The zero-order valence-corrected chi connectivity index (χ0v) is 12.8. The van der Waals surface area contributed by atoms with E-state index in [0.29, 0.717) is 11.0 Å². The highest BCUT2D eigenvalue weighted by atomic mass is 32.2. The third-order valence-corrected chi connectivity index (χ3v) is 4.25. The van der Waals surface area contributed by atoms with Gasteiger partial charge in [-0.1, -0.05) is 18.2 Å². The summed E-state index contributed by atoms with van der Waals surface area (Å²) in [5, 5.41) is 0. The number of methoxy groups -OCH3 is 1. The molecule has 0 spiro atoms. The molecule has 2 aromatic carbocycles. The molecular weight excluding hydrogens is 320 g/mol. The van der Waals surface area contributed by atoms with E-state index in [-0.39, 0.29) is 21.8 Å². The molecule has 0 amide bonds. The highest BCUT2D eigenvalue weighted by Crippen LogP contribution is 2.28. The SMILES string of the molecule is COC(=O)c1cccc2[nH]c(-c3ccccc3S(=O)(=O)O)nc12. The molecule has 0 saturated carbocycles. The third kappa shape index (κ3) is 2.69. The number of ether oxygens (including phenoxy) is 1. The molecule has 1 heterocycles. The first-order valence-corrected chi connectivity index (χ1v) is 8.00. The molecule has 1 aromatic heterocycles. The monoisotopic (exact) mass is 332 g/mol. The molecule has 0 bridgehead atoms. The number of rotatable bonds is 3. The van der Waals surface area contributed by atoms with Crippen LogP contribution in [0.15, 0.2) is 47.4 Å². The third-order valence-electron chi connectivity index (χ3n) is 3.34. The molecular formula is C15H12N2O5S. The lowest BCUT2D eigenvalue weighted by Crippen LogP contribution is -2.02. The Morgan fingerprint density at radius 2 is 1.91 bits per heavy atom. The van der Waals surface area contributed by atoms with E-state index < -0.39 is 16.1 Å². The molecule has 118 valence electrons. The van der Waals surface area contributed by atoms with Crippen LogP contribution in [-0.2, 0) is 14.9 Å². The summed E-state index contributed by atoms with van der Waals surface area (Å²) in [5.41, 5.74) is 1.38. The minimum atomic E-state index is -4.40. The maximum atomic E-state index is 11.8. The summed E-state index contributed by atoms with van der Waals surface area (Å²) in [4.78, 5) is 18.8. The van der Waals surface area contributed by atoms with Crippen LogP contribution in [0.5, 0.6) is 0 Å². The van der Waals surface area contributed by atoms with Gasteiger partial charge in [-0.15, -0.1) is 0 Å². The van der Waals surface area contributed by atoms with Gasteiger partial charge in [0.1, 0.15) is 16.2 Å². The van der Waals surface area contributed by atoms with Crippen LogP contribution in [0.2, 0.25) is 0 Å². The van der Waals surface area contributed by atoms with Gasteiger partial charge in [-0.25, -0.2) is 9.78 Å². The number of nitrogens with one attached hydrogen (secondary N) is 1. The second-order valence-corrected chi connectivity index (χ2v) is 6.14. The number of benzene rings is 2. The lowest BCUT2D eigenvalue weighted by molar-refractivity contribution is 0.0603. The number of nitrogens with zero attached hydrogens (tertiary/aromatic N) is 1. The second kappa shape index (κ2) is 5.49. The van der Waals surface area contributed by atoms with Gasteiger partial charge in [-0.05, 0) is 24.3 Å². The van der Waals surface area contributed by atoms with E-state index >= 15 is 0 Å². The van der Waals surface area contributed by atoms with Crippen molar-refractivity contribution < 1.29 is 22.5 Å². The van der Waals surface area contributed by atoms with Crippen LogP contribution < -0.4 is 0 Å². The number of para-hydroxylation sites is 1. The average Bonchev–Trinajstić information content (AvgIpc) is 2.97. The first-order chi connectivity index (χ1) is 10.9. The van der Waals surface area contributed by atoms with Crippen molar-refractivity contribution in [1.29, 1.82) is 0 Å². The van der Waals surface area contributed by atoms with Crippen LogP contribution in [0.4, 0.5) is 0 Å². The quantitative estimate of drug-likeness (QED) is 0.562. The van der Waals surface area contributed by atoms with Crippen molar-refractivity contribution in [2.24, 2.45) is 0 Å². The van der Waals surface area contributed by atoms with Crippen LogP contribution in [0.25, 0.3) is 22.4 Å². The van der Waals surface area contributed by atoms with Gasteiger partial charge in [0.15, 0.2) is 0 Å². The first kappa shape index (κ1) is 15.2. The van der Waals surface area contributed by atoms with E-state index in [4.69, 9.17) is 4.74 Å². The normalized spacial score (nSPS) is 11.6. The number of imidazole rings is 1. The highest BCUT2D eigenvalue weighted by molar-refractivity contribution is 7.86. The van der Waals surface area contributed by atoms with E-state index in [2.05, 4.69) is 9.97 Å². The standard InChI is InChI=1S/C15H12N2O5S/c1-22-15(18)10-6-4-7-11-13(10)17-14(16-11)9-5-2-3-8-12(9)23(19,20)21/h2-8H,1H3,(H,16,17)(H,19,20,21). The van der Waals surface area contributed by atoms with Crippen molar-refractivity contribution >= 4 is 27.1 Å². The first-order valence-electron chi connectivity index (χ1n) is 6.56. The van der Waals surface area contributed by atoms with Gasteiger partial charge in [0.25, 0.3) is 10.1 Å². The molecule has 0 unspecified atom stereocenters. The molecule has 0 saturated heterocycles. The van der Waals surface area contributed by atoms with Gasteiger partial charge < -0.3 is 9.72 Å². The number of aromatic amines is 1. The van der Waals surface area contributed by atoms with Crippen LogP contribution in [0, 0.1) is 0 Å². The van der Waals surface area contributed by atoms with Gasteiger partial charge in [-0.3, -0.25) is 4.55 Å². The maximum Gasteiger partial charge on any atom is 0.340 e. The van der Waals surface area contributed by atoms with Gasteiger partial charge in [0, 0.05) is 5.56 Å². The lowest BCUT2D eigenvalue weighted by Gasteiger charge is -2.03. The van der Waals surface area contributed by atoms with Crippen molar-refractivity contribution in [3.05, 3.63) is 48.0 Å². The molecule has 3 aromatic rings. The highest BCUT2D eigenvalue weighted by Gasteiger charge is 2.20. The number of hydrogen-bond donors (Lipinski definition) is 2. The minimum Gasteiger partial charge on any atom is -0.465 e. The van der Waals surface area contributed by atoms with Gasteiger partial charge in [0.2, 0.25) is 0 Å². The fourth-order valence-corrected chi connectivity index (χ4v) is 3.01. The number of esters is 1. The minimum absolute atomic E-state index is 0.210. The van der Waals surface area contributed by atoms with E-state index in [9.17, 15) is 17.8 Å². The average molecular weight is 332 g/mol. The molecule has 0 atom stereocenters. The number of aromatic nitrogens is 2. The molecule has 3 rings (SSSR count). The lowest BCUT2D eigenvalue weighted by atomic mass is 10.2. The van der Waals surface area contributed by atoms with E-state index in [0.717, 1.165) is 0 Å². The van der Waals surface area contributed by atoms with Crippen LogP contribution >= 0.6 is 0 Å². The van der Waals surface area contributed by atoms with Crippen molar-refractivity contribution in [3.63, 3.8) is 0 Å². The Morgan fingerprint density at radius 3 is 2.61 bits per heavy atom. The summed E-state index contributed by atoms with van der Waals surface area (Å²) >= 11 is 0. The van der Waals surface area contributed by atoms with Gasteiger partial charge in [-0.2, -0.15) is 8.42 Å². The zero-order valence-electron chi connectivity index (χ0n) is 12.0. The number of hydrogen-bond acceptors (Lipinski definition) is 5. The van der Waals surface area contributed by atoms with Crippen molar-refractivity contribution in [1.82, 2.24) is 9.97 Å². The number of carbonyl (C=O) groups excluding carboxylic acids is 1. The van der Waals surface area contributed by atoms with Crippen LogP contribution in [0.1, 0.15) is 10.4 Å². The summed E-state index contributed by atoms with van der Waals surface area (Å²) in [7, 11) is -3.14. The van der Waals surface area contributed by atoms with Gasteiger partial charge >= 0.3 is 5.97 Å². The molecule has 7 nitrogen and oxygen atoms in total. The fraction of sp³-hybridized carbons (Fsp3) is 0.0667. The Morgan fingerprint density at radius 1 is 1.17 bits per heavy atom. The molecule has 0 aliphatic carbocycles.